The minimum absolute atomic E-state index is 0.0719. The fraction of sp³-hybridized carbons (Fsp3) is 0.412. The number of nitrogens with zero attached hydrogens (tertiary/aromatic N) is 2. The van der Waals surface area contributed by atoms with Gasteiger partial charge in [-0.05, 0) is 30.2 Å². The smallest absolute Gasteiger partial charge is 0.326 e. The Kier molecular flexibility index (Phi) is 6.52. The van der Waals surface area contributed by atoms with E-state index in [1.54, 1.807) is 31.2 Å². The van der Waals surface area contributed by atoms with Gasteiger partial charge in [-0.25, -0.2) is 4.79 Å². The van der Waals surface area contributed by atoms with Gasteiger partial charge in [-0.3, -0.25) is 4.79 Å². The van der Waals surface area contributed by atoms with Crippen LogP contribution in [0.3, 0.4) is 0 Å². The normalized spacial score (nSPS) is 13.2. The van der Waals surface area contributed by atoms with Gasteiger partial charge in [-0.15, -0.1) is 0 Å². The molecule has 0 bridgehead atoms. The molecule has 0 saturated heterocycles. The molecule has 1 aromatic heterocycles. The van der Waals surface area contributed by atoms with Crippen LogP contribution in [0, 0.1) is 5.92 Å². The second kappa shape index (κ2) is 8.62. The molecule has 2 atom stereocenters. The number of amides is 1. The number of nitrogens with one attached hydrogen (secondary N) is 1. The third kappa shape index (κ3) is 5.29. The molecule has 134 valence electrons. The number of aryl methyl sites for hydroxylation is 1. The molecule has 1 amide bonds. The maximum Gasteiger partial charge on any atom is 0.326 e. The summed E-state index contributed by atoms with van der Waals surface area (Å²) in [5, 5.41) is 16.2. The molecule has 0 aliphatic rings. The van der Waals surface area contributed by atoms with Crippen molar-refractivity contribution in [3.05, 3.63) is 35.2 Å². The van der Waals surface area contributed by atoms with Crippen molar-refractivity contribution in [3.8, 4) is 11.4 Å². The molecule has 0 unspecified atom stereocenters. The van der Waals surface area contributed by atoms with Gasteiger partial charge in [0.25, 0.3) is 0 Å². The predicted molar refractivity (Wildman–Crippen MR) is 92.1 cm³/mol. The molecule has 8 heteroatoms. The molecule has 1 aromatic carbocycles. The first-order valence-corrected chi connectivity index (χ1v) is 8.39. The van der Waals surface area contributed by atoms with Gasteiger partial charge < -0.3 is 14.9 Å². The molecule has 25 heavy (non-hydrogen) atoms. The van der Waals surface area contributed by atoms with E-state index in [0.29, 0.717) is 23.2 Å². The Morgan fingerprint density at radius 3 is 2.60 bits per heavy atom. The largest absolute Gasteiger partial charge is 0.480 e. The van der Waals surface area contributed by atoms with Crippen LogP contribution in [-0.2, 0) is 16.0 Å². The predicted octanol–water partition coefficient (Wildman–Crippen LogP) is 2.94. The van der Waals surface area contributed by atoms with Gasteiger partial charge in [-0.2, -0.15) is 4.98 Å². The molecule has 0 fully saturated rings. The Balaban J connectivity index is 1.92. The monoisotopic (exact) mass is 365 g/mol. The number of rotatable bonds is 8. The molecule has 7 nitrogen and oxygen atoms in total. The van der Waals surface area contributed by atoms with Gasteiger partial charge in [-0.1, -0.05) is 37.0 Å². The number of carbonyl (C=O) groups is 2. The molecular weight excluding hydrogens is 346 g/mol. The van der Waals surface area contributed by atoms with Crippen LogP contribution in [0.15, 0.2) is 28.8 Å². The average Bonchev–Trinajstić information content (AvgIpc) is 3.06. The number of aliphatic carboxylic acids is 1. The highest BCUT2D eigenvalue weighted by Crippen LogP contribution is 2.19. The summed E-state index contributed by atoms with van der Waals surface area (Å²) in [6, 6.07) is 6.09. The van der Waals surface area contributed by atoms with E-state index in [2.05, 4.69) is 15.5 Å². The fourth-order valence-electron chi connectivity index (χ4n) is 2.22. The molecule has 2 N–H and O–H groups in total. The van der Waals surface area contributed by atoms with Gasteiger partial charge in [0.05, 0.1) is 0 Å². The summed E-state index contributed by atoms with van der Waals surface area (Å²) in [4.78, 5) is 27.4. The molecule has 0 aliphatic carbocycles. The first-order valence-electron chi connectivity index (χ1n) is 8.01. The van der Waals surface area contributed by atoms with Crippen molar-refractivity contribution in [2.45, 2.75) is 39.2 Å². The van der Waals surface area contributed by atoms with E-state index < -0.39 is 12.0 Å². The number of halogens is 1. The lowest BCUT2D eigenvalue weighted by Gasteiger charge is -2.19. The van der Waals surface area contributed by atoms with Crippen LogP contribution >= 0.6 is 11.6 Å². The topological polar surface area (TPSA) is 105 Å². The van der Waals surface area contributed by atoms with Crippen molar-refractivity contribution in [2.75, 3.05) is 0 Å². The summed E-state index contributed by atoms with van der Waals surface area (Å²) in [5.41, 5.74) is 0.756. The van der Waals surface area contributed by atoms with E-state index in [4.69, 9.17) is 16.1 Å². The van der Waals surface area contributed by atoms with E-state index in [9.17, 15) is 14.7 Å². The molecule has 2 rings (SSSR count). The number of hydrogen-bond acceptors (Lipinski definition) is 5. The Labute approximate surface area is 150 Å². The lowest BCUT2D eigenvalue weighted by molar-refractivity contribution is -0.143. The highest BCUT2D eigenvalue weighted by atomic mass is 35.5. The van der Waals surface area contributed by atoms with Crippen molar-refractivity contribution in [1.82, 2.24) is 15.5 Å². The van der Waals surface area contributed by atoms with Crippen LogP contribution in [0.2, 0.25) is 5.02 Å². The maximum absolute atomic E-state index is 12.0. The van der Waals surface area contributed by atoms with Crippen molar-refractivity contribution in [2.24, 2.45) is 5.92 Å². The number of benzene rings is 1. The van der Waals surface area contributed by atoms with E-state index in [0.717, 1.165) is 5.56 Å². The van der Waals surface area contributed by atoms with Crippen LogP contribution in [0.1, 0.15) is 32.6 Å². The second-order valence-corrected chi connectivity index (χ2v) is 6.22. The van der Waals surface area contributed by atoms with Crippen LogP contribution < -0.4 is 5.32 Å². The Hall–Kier alpha value is -2.41. The number of hydrogen-bond donors (Lipinski definition) is 2. The first kappa shape index (κ1) is 18.9. The zero-order valence-electron chi connectivity index (χ0n) is 14.0. The fourth-order valence-corrected chi connectivity index (χ4v) is 2.35. The summed E-state index contributed by atoms with van der Waals surface area (Å²) in [6.07, 6.45) is 0.965. The minimum atomic E-state index is -1.04. The summed E-state index contributed by atoms with van der Waals surface area (Å²) in [6.45, 7) is 3.67. The molecule has 0 saturated carbocycles. The van der Waals surface area contributed by atoms with Gasteiger partial charge >= 0.3 is 5.97 Å². The zero-order chi connectivity index (χ0) is 18.4. The number of carbonyl (C=O) groups excluding carboxylic acids is 1. The van der Waals surface area contributed by atoms with Gasteiger partial charge in [0.1, 0.15) is 6.04 Å². The summed E-state index contributed by atoms with van der Waals surface area (Å²) in [7, 11) is 0. The second-order valence-electron chi connectivity index (χ2n) is 5.79. The van der Waals surface area contributed by atoms with Crippen LogP contribution in [0.25, 0.3) is 11.4 Å². The highest BCUT2D eigenvalue weighted by Gasteiger charge is 2.25. The van der Waals surface area contributed by atoms with Crippen molar-refractivity contribution in [1.29, 1.82) is 0 Å². The van der Waals surface area contributed by atoms with Crippen LogP contribution in [0.5, 0.6) is 0 Å². The van der Waals surface area contributed by atoms with Gasteiger partial charge in [0, 0.05) is 23.4 Å². The number of aromatic nitrogens is 2. The third-order valence-electron chi connectivity index (χ3n) is 3.93. The van der Waals surface area contributed by atoms with Crippen LogP contribution in [-0.4, -0.2) is 33.2 Å². The van der Waals surface area contributed by atoms with E-state index >= 15 is 0 Å². The van der Waals surface area contributed by atoms with Crippen molar-refractivity contribution >= 4 is 23.5 Å². The van der Waals surface area contributed by atoms with Gasteiger partial charge in [0.2, 0.25) is 17.6 Å². The maximum atomic E-state index is 12.0. The first-order chi connectivity index (χ1) is 11.9. The SMILES string of the molecule is CC[C@H](C)[C@H](NC(=O)CCc1nc(-c2ccc(Cl)cc2)no1)C(=O)O. The highest BCUT2D eigenvalue weighted by molar-refractivity contribution is 6.30. The molecule has 0 aliphatic heterocycles. The summed E-state index contributed by atoms with van der Waals surface area (Å²) in [5.74, 6) is -0.823. The summed E-state index contributed by atoms with van der Waals surface area (Å²) >= 11 is 5.83. The van der Waals surface area contributed by atoms with Crippen molar-refractivity contribution in [3.63, 3.8) is 0 Å². The minimum Gasteiger partial charge on any atom is -0.480 e. The Morgan fingerprint density at radius 1 is 1.32 bits per heavy atom. The van der Waals surface area contributed by atoms with Crippen molar-refractivity contribution < 1.29 is 19.2 Å². The summed E-state index contributed by atoms with van der Waals surface area (Å²) < 4.78 is 5.13. The standard InChI is InChI=1S/C17H20ClN3O4/c1-3-10(2)15(17(23)24)19-13(22)8-9-14-20-16(21-25-14)11-4-6-12(18)7-5-11/h4-7,10,15H,3,8-9H2,1-2H3,(H,19,22)(H,23,24)/t10-,15-/m0/s1. The molecule has 0 spiro atoms. The Bertz CT molecular complexity index is 730. The lowest BCUT2D eigenvalue weighted by atomic mass is 9.99. The third-order valence-corrected chi connectivity index (χ3v) is 4.18. The molecule has 1 heterocycles. The average molecular weight is 366 g/mol. The number of carboxylic acid groups (broad SMARTS) is 1. The zero-order valence-corrected chi connectivity index (χ0v) is 14.8. The quantitative estimate of drug-likeness (QED) is 0.745. The molecule has 2 aromatic rings. The number of carboxylic acids is 1. The van der Waals surface area contributed by atoms with Crippen LogP contribution in [0.4, 0.5) is 0 Å². The molecule has 0 radical (unpaired) electrons. The van der Waals surface area contributed by atoms with E-state index in [-0.39, 0.29) is 24.7 Å². The van der Waals surface area contributed by atoms with E-state index in [1.165, 1.54) is 0 Å². The lowest BCUT2D eigenvalue weighted by Crippen LogP contribution is -2.45. The molecular formula is C17H20ClN3O4. The van der Waals surface area contributed by atoms with E-state index in [1.807, 2.05) is 6.92 Å². The Morgan fingerprint density at radius 2 is 2.00 bits per heavy atom. The van der Waals surface area contributed by atoms with Gasteiger partial charge in [0.15, 0.2) is 0 Å².